The van der Waals surface area contributed by atoms with Crippen molar-refractivity contribution in [3.63, 3.8) is 0 Å². The number of hydrogen-bond acceptors (Lipinski definition) is 4. The molecular formula is C25H19ClN4OS. The van der Waals surface area contributed by atoms with Crippen LogP contribution in [0.2, 0.25) is 5.02 Å². The molecular weight excluding hydrogens is 440 g/mol. The zero-order valence-electron chi connectivity index (χ0n) is 17.2. The summed E-state index contributed by atoms with van der Waals surface area (Å²) >= 11 is 7.76. The van der Waals surface area contributed by atoms with Crippen LogP contribution in [0.1, 0.15) is 18.1 Å². The zero-order valence-corrected chi connectivity index (χ0v) is 18.8. The van der Waals surface area contributed by atoms with Gasteiger partial charge in [0.2, 0.25) is 5.13 Å². The van der Waals surface area contributed by atoms with Gasteiger partial charge in [0.15, 0.2) is 0 Å². The monoisotopic (exact) mass is 458 g/mol. The number of nitrogens with one attached hydrogen (secondary N) is 1. The van der Waals surface area contributed by atoms with Gasteiger partial charge in [0.05, 0.1) is 28.0 Å². The van der Waals surface area contributed by atoms with Crippen molar-refractivity contribution in [2.45, 2.75) is 13.5 Å². The van der Waals surface area contributed by atoms with Gasteiger partial charge in [-0.25, -0.2) is 4.98 Å². The Balaban J connectivity index is 1.64. The summed E-state index contributed by atoms with van der Waals surface area (Å²) in [6.45, 7) is 2.25. The third-order valence-electron chi connectivity index (χ3n) is 5.23. The van der Waals surface area contributed by atoms with Gasteiger partial charge in [-0.2, -0.15) is 4.68 Å². The molecule has 0 atom stereocenters. The van der Waals surface area contributed by atoms with Crippen molar-refractivity contribution in [2.24, 2.45) is 4.99 Å². The van der Waals surface area contributed by atoms with E-state index in [1.807, 2.05) is 85.8 Å². The predicted molar refractivity (Wildman–Crippen MR) is 132 cm³/mol. The summed E-state index contributed by atoms with van der Waals surface area (Å²) in [6, 6.07) is 25.2. The minimum Gasteiger partial charge on any atom is -0.288 e. The van der Waals surface area contributed by atoms with E-state index in [4.69, 9.17) is 16.6 Å². The summed E-state index contributed by atoms with van der Waals surface area (Å²) in [5, 5.41) is 4.54. The topological polar surface area (TPSA) is 63.0 Å². The minimum absolute atomic E-state index is 0.177. The number of aromatic amines is 1. The average Bonchev–Trinajstić information content (AvgIpc) is 3.40. The van der Waals surface area contributed by atoms with E-state index in [2.05, 4.69) is 10.1 Å². The maximum absolute atomic E-state index is 13.6. The molecule has 7 heteroatoms. The number of aromatic nitrogens is 3. The quantitative estimate of drug-likeness (QED) is 0.323. The molecule has 5 nitrogen and oxygen atoms in total. The molecule has 0 aliphatic heterocycles. The van der Waals surface area contributed by atoms with Crippen molar-refractivity contribution in [3.05, 3.63) is 105 Å². The number of hydrogen-bond donors (Lipinski definition) is 1. The fourth-order valence-electron chi connectivity index (χ4n) is 3.59. The molecule has 0 bridgehead atoms. The summed E-state index contributed by atoms with van der Waals surface area (Å²) in [7, 11) is 0. The molecule has 0 saturated carbocycles. The molecule has 5 rings (SSSR count). The first-order valence-electron chi connectivity index (χ1n) is 10.1. The SMILES string of the molecule is CC(=NCc1ccccc1Cl)c1c(-c2ccccc2)[nH]n(-c2nc3ccccc3s2)c1=O. The van der Waals surface area contributed by atoms with Crippen molar-refractivity contribution in [3.8, 4) is 16.4 Å². The zero-order chi connectivity index (χ0) is 22.1. The van der Waals surface area contributed by atoms with Crippen molar-refractivity contribution in [2.75, 3.05) is 0 Å². The van der Waals surface area contributed by atoms with E-state index in [0.717, 1.165) is 27.0 Å². The standard InChI is InChI=1S/C25H19ClN4OS/c1-16(27-15-18-11-5-6-12-19(18)26)22-23(17-9-3-2-4-10-17)29-30(24(22)31)25-28-20-13-7-8-14-21(20)32-25/h2-14,29H,15H2,1H3. The molecule has 1 N–H and O–H groups in total. The molecule has 158 valence electrons. The molecule has 0 saturated heterocycles. The van der Waals surface area contributed by atoms with Crippen LogP contribution >= 0.6 is 22.9 Å². The van der Waals surface area contributed by atoms with Crippen LogP contribution in [0.5, 0.6) is 0 Å². The Bertz CT molecular complexity index is 1460. The lowest BCUT2D eigenvalue weighted by atomic mass is 10.1. The number of H-pyrrole nitrogens is 1. The maximum atomic E-state index is 13.6. The van der Waals surface area contributed by atoms with Crippen molar-refractivity contribution < 1.29 is 0 Å². The molecule has 32 heavy (non-hydrogen) atoms. The van der Waals surface area contributed by atoms with Crippen LogP contribution < -0.4 is 5.56 Å². The fraction of sp³-hybridized carbons (Fsp3) is 0.0800. The summed E-state index contributed by atoms with van der Waals surface area (Å²) in [4.78, 5) is 22.9. The Morgan fingerprint density at radius 3 is 2.53 bits per heavy atom. The highest BCUT2D eigenvalue weighted by atomic mass is 35.5. The molecule has 2 heterocycles. The van der Waals surface area contributed by atoms with Crippen molar-refractivity contribution in [1.29, 1.82) is 0 Å². The molecule has 2 aromatic heterocycles. The number of aliphatic imine (C=N–C) groups is 1. The summed E-state index contributed by atoms with van der Waals surface area (Å²) < 4.78 is 2.53. The van der Waals surface area contributed by atoms with E-state index >= 15 is 0 Å². The Morgan fingerprint density at radius 2 is 1.75 bits per heavy atom. The Labute approximate surface area is 193 Å². The predicted octanol–water partition coefficient (Wildman–Crippen LogP) is 6.10. The Morgan fingerprint density at radius 1 is 1.03 bits per heavy atom. The van der Waals surface area contributed by atoms with Crippen LogP contribution in [0.4, 0.5) is 0 Å². The van der Waals surface area contributed by atoms with Gasteiger partial charge < -0.3 is 0 Å². The molecule has 0 unspecified atom stereocenters. The lowest BCUT2D eigenvalue weighted by Gasteiger charge is -2.04. The van der Waals surface area contributed by atoms with Crippen LogP contribution in [-0.2, 0) is 6.54 Å². The molecule has 3 aromatic carbocycles. The van der Waals surface area contributed by atoms with Gasteiger partial charge in [0.1, 0.15) is 0 Å². The fourth-order valence-corrected chi connectivity index (χ4v) is 4.71. The molecule has 0 spiro atoms. The van der Waals surface area contributed by atoms with Crippen LogP contribution in [0.25, 0.3) is 26.6 Å². The summed E-state index contributed by atoms with van der Waals surface area (Å²) in [5.41, 5.74) is 4.40. The second kappa shape index (κ2) is 8.57. The van der Waals surface area contributed by atoms with Gasteiger partial charge in [-0.3, -0.25) is 14.9 Å². The highest BCUT2D eigenvalue weighted by Crippen LogP contribution is 2.26. The first kappa shape index (κ1) is 20.4. The first-order valence-corrected chi connectivity index (χ1v) is 11.3. The summed E-state index contributed by atoms with van der Waals surface area (Å²) in [6.07, 6.45) is 0. The van der Waals surface area contributed by atoms with Gasteiger partial charge >= 0.3 is 0 Å². The lowest BCUT2D eigenvalue weighted by molar-refractivity contribution is 0.845. The maximum Gasteiger partial charge on any atom is 0.283 e. The molecule has 0 fully saturated rings. The summed E-state index contributed by atoms with van der Waals surface area (Å²) in [5.74, 6) is 0. The number of nitrogens with zero attached hydrogens (tertiary/aromatic N) is 3. The van der Waals surface area contributed by atoms with Gasteiger partial charge in [-0.1, -0.05) is 83.6 Å². The van der Waals surface area contributed by atoms with Crippen LogP contribution in [0, 0.1) is 0 Å². The second-order valence-electron chi connectivity index (χ2n) is 7.33. The lowest BCUT2D eigenvalue weighted by Crippen LogP contribution is -2.19. The normalized spacial score (nSPS) is 11.9. The smallest absolute Gasteiger partial charge is 0.283 e. The molecule has 0 aliphatic carbocycles. The van der Waals surface area contributed by atoms with E-state index < -0.39 is 0 Å². The van der Waals surface area contributed by atoms with E-state index in [-0.39, 0.29) is 5.56 Å². The number of fused-ring (bicyclic) bond motifs is 1. The third kappa shape index (κ3) is 3.79. The van der Waals surface area contributed by atoms with Gasteiger partial charge in [-0.15, -0.1) is 0 Å². The van der Waals surface area contributed by atoms with Gasteiger partial charge in [0.25, 0.3) is 5.56 Å². The Kier molecular flexibility index (Phi) is 5.47. The average molecular weight is 459 g/mol. The first-order chi connectivity index (χ1) is 15.6. The molecule has 5 aromatic rings. The highest BCUT2D eigenvalue weighted by molar-refractivity contribution is 7.20. The van der Waals surface area contributed by atoms with Crippen LogP contribution in [-0.4, -0.2) is 20.5 Å². The third-order valence-corrected chi connectivity index (χ3v) is 6.62. The number of halogens is 1. The van der Waals surface area contributed by atoms with E-state index in [9.17, 15) is 4.79 Å². The van der Waals surface area contributed by atoms with E-state index in [1.54, 1.807) is 0 Å². The largest absolute Gasteiger partial charge is 0.288 e. The van der Waals surface area contributed by atoms with E-state index in [1.165, 1.54) is 16.0 Å². The minimum atomic E-state index is -0.177. The molecule has 0 radical (unpaired) electrons. The van der Waals surface area contributed by atoms with Gasteiger partial charge in [0, 0.05) is 16.3 Å². The van der Waals surface area contributed by atoms with E-state index in [0.29, 0.717) is 28.0 Å². The van der Waals surface area contributed by atoms with Crippen LogP contribution in [0.3, 0.4) is 0 Å². The van der Waals surface area contributed by atoms with Gasteiger partial charge in [-0.05, 0) is 30.7 Å². The van der Waals surface area contributed by atoms with Crippen molar-refractivity contribution >= 4 is 38.9 Å². The van der Waals surface area contributed by atoms with Crippen molar-refractivity contribution in [1.82, 2.24) is 14.8 Å². The highest BCUT2D eigenvalue weighted by Gasteiger charge is 2.21. The number of para-hydroxylation sites is 1. The van der Waals surface area contributed by atoms with Crippen LogP contribution in [0.15, 0.2) is 88.6 Å². The Hall–Kier alpha value is -3.48. The number of thiazole rings is 1. The molecule has 0 aliphatic rings. The number of benzene rings is 3. The molecule has 0 amide bonds. The number of rotatable bonds is 5. The second-order valence-corrected chi connectivity index (χ2v) is 8.74.